The summed E-state index contributed by atoms with van der Waals surface area (Å²) in [4.78, 5) is 0. The molecule has 90 valence electrons. The highest BCUT2D eigenvalue weighted by Crippen LogP contribution is 2.26. The van der Waals surface area contributed by atoms with Crippen molar-refractivity contribution in [3.05, 3.63) is 34.6 Å². The topological polar surface area (TPSA) is 46.2 Å². The Morgan fingerprint density at radius 2 is 2.06 bits per heavy atom. The molecule has 0 heterocycles. The fourth-order valence-electron chi connectivity index (χ4n) is 1.61. The third kappa shape index (κ3) is 3.44. The van der Waals surface area contributed by atoms with E-state index in [-0.39, 0.29) is 5.02 Å². The van der Waals surface area contributed by atoms with Gasteiger partial charge in [-0.2, -0.15) is 0 Å². The van der Waals surface area contributed by atoms with Crippen LogP contribution in [0.4, 0.5) is 4.39 Å². The Morgan fingerprint density at radius 3 is 2.56 bits per heavy atom. The van der Waals surface area contributed by atoms with Crippen LogP contribution in [0.2, 0.25) is 5.02 Å². The van der Waals surface area contributed by atoms with Gasteiger partial charge in [0.2, 0.25) is 0 Å². The molecule has 1 rings (SSSR count). The summed E-state index contributed by atoms with van der Waals surface area (Å²) >= 11 is 5.87. The van der Waals surface area contributed by atoms with Crippen molar-refractivity contribution in [3.8, 4) is 0 Å². The predicted molar refractivity (Wildman–Crippen MR) is 63.8 cm³/mol. The van der Waals surface area contributed by atoms with E-state index in [1.165, 1.54) is 18.2 Å². The van der Waals surface area contributed by atoms with Crippen molar-refractivity contribution in [1.82, 2.24) is 0 Å². The molecule has 0 spiro atoms. The second-order valence-electron chi connectivity index (χ2n) is 4.39. The smallest absolute Gasteiger partial charge is 0.124 e. The van der Waals surface area contributed by atoms with Crippen LogP contribution in [0.1, 0.15) is 31.9 Å². The third-order valence-corrected chi connectivity index (χ3v) is 2.78. The molecule has 0 amide bonds. The Balaban J connectivity index is 2.83. The summed E-state index contributed by atoms with van der Waals surface area (Å²) in [6.45, 7) is 4.00. The van der Waals surface area contributed by atoms with Gasteiger partial charge in [0.15, 0.2) is 0 Å². The molecule has 16 heavy (non-hydrogen) atoms. The summed E-state index contributed by atoms with van der Waals surface area (Å²) < 4.78 is 12.8. The van der Waals surface area contributed by atoms with Crippen LogP contribution < -0.4 is 5.73 Å². The van der Waals surface area contributed by atoms with E-state index in [2.05, 4.69) is 0 Å². The Labute approximate surface area is 100 Å². The minimum Gasteiger partial charge on any atom is -0.391 e. The minimum atomic E-state index is -0.664. The Bertz CT molecular complexity index is 357. The highest BCUT2D eigenvalue weighted by molar-refractivity contribution is 6.31. The number of hydrogen-bond acceptors (Lipinski definition) is 2. The second kappa shape index (κ2) is 5.62. The molecular weight excluding hydrogens is 229 g/mol. The van der Waals surface area contributed by atoms with E-state index in [4.69, 9.17) is 17.3 Å². The van der Waals surface area contributed by atoms with Gasteiger partial charge in [-0.3, -0.25) is 0 Å². The van der Waals surface area contributed by atoms with Gasteiger partial charge in [0.25, 0.3) is 0 Å². The van der Waals surface area contributed by atoms with Gasteiger partial charge < -0.3 is 10.8 Å². The number of benzene rings is 1. The van der Waals surface area contributed by atoms with Crippen molar-refractivity contribution < 1.29 is 9.50 Å². The van der Waals surface area contributed by atoms with Crippen molar-refractivity contribution in [2.75, 3.05) is 0 Å². The van der Waals surface area contributed by atoms with Crippen LogP contribution in [0, 0.1) is 11.7 Å². The van der Waals surface area contributed by atoms with Crippen LogP contribution in [0.5, 0.6) is 0 Å². The van der Waals surface area contributed by atoms with Gasteiger partial charge >= 0.3 is 0 Å². The largest absolute Gasteiger partial charge is 0.391 e. The van der Waals surface area contributed by atoms with E-state index < -0.39 is 18.0 Å². The molecule has 0 fully saturated rings. The maximum atomic E-state index is 12.8. The molecule has 1 aromatic rings. The standard InChI is InChI=1S/C12H17ClFNO/c1-7(2)5-11(16)12(15)9-4-3-8(14)6-10(9)13/h3-4,6-7,11-12,16H,5,15H2,1-2H3/t11-,12+/m1/s1. The lowest BCUT2D eigenvalue weighted by molar-refractivity contribution is 0.121. The molecule has 0 saturated heterocycles. The summed E-state index contributed by atoms with van der Waals surface area (Å²) in [5.41, 5.74) is 6.46. The Hall–Kier alpha value is -0.640. The number of rotatable bonds is 4. The highest BCUT2D eigenvalue weighted by atomic mass is 35.5. The van der Waals surface area contributed by atoms with E-state index in [0.717, 1.165) is 0 Å². The van der Waals surface area contributed by atoms with Crippen molar-refractivity contribution in [1.29, 1.82) is 0 Å². The van der Waals surface area contributed by atoms with Gasteiger partial charge in [0.05, 0.1) is 12.1 Å². The fourth-order valence-corrected chi connectivity index (χ4v) is 1.90. The number of aliphatic hydroxyl groups is 1. The first kappa shape index (κ1) is 13.4. The summed E-state index contributed by atoms with van der Waals surface area (Å²) in [6.07, 6.45) is -0.0718. The lowest BCUT2D eigenvalue weighted by atomic mass is 9.95. The van der Waals surface area contributed by atoms with Crippen LogP contribution in [0.15, 0.2) is 18.2 Å². The molecule has 1 aromatic carbocycles. The van der Waals surface area contributed by atoms with E-state index >= 15 is 0 Å². The van der Waals surface area contributed by atoms with Gasteiger partial charge in [0, 0.05) is 5.02 Å². The highest BCUT2D eigenvalue weighted by Gasteiger charge is 2.20. The number of aliphatic hydroxyl groups excluding tert-OH is 1. The van der Waals surface area contributed by atoms with Crippen molar-refractivity contribution >= 4 is 11.6 Å². The second-order valence-corrected chi connectivity index (χ2v) is 4.80. The lowest BCUT2D eigenvalue weighted by Gasteiger charge is -2.21. The summed E-state index contributed by atoms with van der Waals surface area (Å²) in [6, 6.07) is 3.45. The molecule has 0 radical (unpaired) electrons. The van der Waals surface area contributed by atoms with E-state index in [1.54, 1.807) is 0 Å². The predicted octanol–water partition coefficient (Wildman–Crippen LogP) is 2.89. The molecule has 0 aliphatic carbocycles. The van der Waals surface area contributed by atoms with Crippen LogP contribution in [0.25, 0.3) is 0 Å². The summed E-state index contributed by atoms with van der Waals surface area (Å²) in [7, 11) is 0. The quantitative estimate of drug-likeness (QED) is 0.857. The van der Waals surface area contributed by atoms with Gasteiger partial charge in [-0.25, -0.2) is 4.39 Å². The minimum absolute atomic E-state index is 0.260. The zero-order chi connectivity index (χ0) is 12.3. The molecular formula is C12H17ClFNO. The third-order valence-electron chi connectivity index (χ3n) is 2.45. The SMILES string of the molecule is CC(C)C[C@@H](O)[C@@H](N)c1ccc(F)cc1Cl. The first-order valence-electron chi connectivity index (χ1n) is 5.30. The maximum Gasteiger partial charge on any atom is 0.124 e. The van der Waals surface area contributed by atoms with Crippen LogP contribution in [-0.4, -0.2) is 11.2 Å². The molecule has 2 atom stereocenters. The van der Waals surface area contributed by atoms with Crippen molar-refractivity contribution in [3.63, 3.8) is 0 Å². The molecule has 4 heteroatoms. The zero-order valence-corrected chi connectivity index (χ0v) is 10.2. The van der Waals surface area contributed by atoms with Crippen LogP contribution in [-0.2, 0) is 0 Å². The summed E-state index contributed by atoms with van der Waals surface area (Å²) in [5, 5.41) is 10.1. The van der Waals surface area contributed by atoms with Gasteiger partial charge in [-0.15, -0.1) is 0 Å². The number of hydrogen-bond donors (Lipinski definition) is 2. The first-order chi connectivity index (χ1) is 7.41. The number of halogens is 2. The first-order valence-corrected chi connectivity index (χ1v) is 5.68. The molecule has 2 nitrogen and oxygen atoms in total. The number of nitrogens with two attached hydrogens (primary N) is 1. The van der Waals surface area contributed by atoms with Crippen LogP contribution >= 0.6 is 11.6 Å². The van der Waals surface area contributed by atoms with E-state index in [9.17, 15) is 9.50 Å². The average Bonchev–Trinajstić information content (AvgIpc) is 2.15. The van der Waals surface area contributed by atoms with Crippen molar-refractivity contribution in [2.45, 2.75) is 32.4 Å². The zero-order valence-electron chi connectivity index (χ0n) is 9.45. The van der Waals surface area contributed by atoms with Crippen molar-refractivity contribution in [2.24, 2.45) is 11.7 Å². The van der Waals surface area contributed by atoms with Gasteiger partial charge in [0.1, 0.15) is 5.82 Å². The normalized spacial score (nSPS) is 15.2. The molecule has 0 bridgehead atoms. The monoisotopic (exact) mass is 245 g/mol. The molecule has 0 aromatic heterocycles. The summed E-state index contributed by atoms with van der Waals surface area (Å²) in [5.74, 6) is -0.0560. The molecule has 0 aliphatic rings. The molecule has 3 N–H and O–H groups in total. The average molecular weight is 246 g/mol. The molecule has 0 unspecified atom stereocenters. The van der Waals surface area contributed by atoms with E-state index in [0.29, 0.717) is 17.9 Å². The fraction of sp³-hybridized carbons (Fsp3) is 0.500. The maximum absolute atomic E-state index is 12.8. The molecule has 0 aliphatic heterocycles. The lowest BCUT2D eigenvalue weighted by Crippen LogP contribution is -2.27. The van der Waals surface area contributed by atoms with Gasteiger partial charge in [-0.05, 0) is 30.0 Å². The van der Waals surface area contributed by atoms with Crippen LogP contribution in [0.3, 0.4) is 0 Å². The van der Waals surface area contributed by atoms with Gasteiger partial charge in [-0.1, -0.05) is 31.5 Å². The Kier molecular flexibility index (Phi) is 4.71. The van der Waals surface area contributed by atoms with E-state index in [1.807, 2.05) is 13.8 Å². The Morgan fingerprint density at radius 1 is 1.44 bits per heavy atom. The molecule has 0 saturated carbocycles.